The van der Waals surface area contributed by atoms with Crippen molar-refractivity contribution in [3.8, 4) is 11.3 Å². The number of benzene rings is 1. The van der Waals surface area contributed by atoms with E-state index >= 15 is 0 Å². The van der Waals surface area contributed by atoms with Crippen LogP contribution in [-0.2, 0) is 38.4 Å². The summed E-state index contributed by atoms with van der Waals surface area (Å²) in [7, 11) is 0. The van der Waals surface area contributed by atoms with Gasteiger partial charge in [0.1, 0.15) is 6.20 Å². The zero-order valence-corrected chi connectivity index (χ0v) is 19.1. The summed E-state index contributed by atoms with van der Waals surface area (Å²) in [5, 5.41) is 23.2. The van der Waals surface area contributed by atoms with Gasteiger partial charge >= 0.3 is 5.66 Å². The Labute approximate surface area is 203 Å². The second-order valence-electron chi connectivity index (χ2n) is 7.02. The van der Waals surface area contributed by atoms with Gasteiger partial charge in [0.25, 0.3) is 0 Å². The molecule has 149 valence electrons. The van der Waals surface area contributed by atoms with Gasteiger partial charge in [0.05, 0.1) is 23.9 Å². The van der Waals surface area contributed by atoms with Crippen LogP contribution in [0.15, 0.2) is 78.2 Å². The van der Waals surface area contributed by atoms with Gasteiger partial charge in [0, 0.05) is 44.8 Å². The Morgan fingerprint density at radius 2 is 1.84 bits per heavy atom. The molecule has 3 aromatic rings. The van der Waals surface area contributed by atoms with Crippen LogP contribution in [0.5, 0.6) is 0 Å². The van der Waals surface area contributed by atoms with Crippen molar-refractivity contribution in [3.05, 3.63) is 128 Å². The number of hydrogen-bond acceptors (Lipinski definition) is 4. The van der Waals surface area contributed by atoms with Crippen molar-refractivity contribution in [2.45, 2.75) is 12.6 Å². The first-order chi connectivity index (χ1) is 14.9. The zero-order chi connectivity index (χ0) is 21.9. The van der Waals surface area contributed by atoms with Crippen LogP contribution in [0.3, 0.4) is 0 Å². The summed E-state index contributed by atoms with van der Waals surface area (Å²) in [4.78, 5) is 21.4. The van der Waals surface area contributed by atoms with Crippen molar-refractivity contribution in [1.82, 2.24) is 0 Å². The van der Waals surface area contributed by atoms with Gasteiger partial charge in [0.2, 0.25) is 5.69 Å². The maximum absolute atomic E-state index is 12.0. The number of nitro groups is 2. The van der Waals surface area contributed by atoms with Crippen LogP contribution < -0.4 is 9.13 Å². The number of allylic oxidation sites excluding steroid dienone is 1. The van der Waals surface area contributed by atoms with Crippen molar-refractivity contribution >= 4 is 0 Å². The maximum atomic E-state index is 12.0. The molecule has 0 fully saturated rings. The summed E-state index contributed by atoms with van der Waals surface area (Å²) < 4.78 is 12.3. The summed E-state index contributed by atoms with van der Waals surface area (Å²) in [5.41, 5.74) is 1.06. The van der Waals surface area contributed by atoms with Gasteiger partial charge in [0.15, 0.2) is 12.4 Å². The molecule has 31 heavy (non-hydrogen) atoms. The SMILES string of the molecule is [3H]c1cc(C)cc2c1C1(C(C(=[C-][N+](=O)[O-])[N+](=O)[O-])=[C-]c3cccc[n+]31)[n+]1ccccc1-2.[Y]. The number of aromatic nitrogens is 2. The molecule has 0 saturated carbocycles. The van der Waals surface area contributed by atoms with E-state index in [-0.39, 0.29) is 44.3 Å². The minimum atomic E-state index is -1.42. The van der Waals surface area contributed by atoms with Gasteiger partial charge in [-0.25, -0.2) is 0 Å². The van der Waals surface area contributed by atoms with E-state index in [1.54, 1.807) is 58.1 Å². The van der Waals surface area contributed by atoms with Crippen LogP contribution in [0.1, 0.15) is 18.2 Å². The molecule has 2 aliphatic heterocycles. The van der Waals surface area contributed by atoms with Gasteiger partial charge in [-0.2, -0.15) is 10.6 Å². The molecular weight excluding hydrogens is 473 g/mol. The molecule has 1 radical (unpaired) electrons. The largest absolute Gasteiger partial charge is 0.339 e. The molecule has 0 saturated heterocycles. The minimum absolute atomic E-state index is 0. The van der Waals surface area contributed by atoms with Crippen LogP contribution in [0, 0.1) is 39.4 Å². The smallest absolute Gasteiger partial charge is 0.279 e. The van der Waals surface area contributed by atoms with E-state index in [0.717, 1.165) is 16.8 Å². The number of rotatable bonds is 3. The number of hydrogen-bond donors (Lipinski definition) is 0. The van der Waals surface area contributed by atoms with Crippen molar-refractivity contribution in [2.75, 3.05) is 0 Å². The standard InChI is InChI=1S/C22H14N4O4.Y/c1-15-8-9-18-17(12-15)20-7-3-5-11-24(20)22(18)19(21(26(29)30)14-25(27)28)13-16-6-2-4-10-23(16)22;/h2-12H,1H3;/i9T;. The first-order valence-corrected chi connectivity index (χ1v) is 9.07. The number of fused-ring (bicyclic) bond motifs is 7. The van der Waals surface area contributed by atoms with E-state index in [4.69, 9.17) is 1.37 Å². The molecular formula is C22H14N4O4Y. The molecule has 1 spiro atoms. The third-order valence-corrected chi connectivity index (χ3v) is 5.35. The Kier molecular flexibility index (Phi) is 4.83. The minimum Gasteiger partial charge on any atom is -0.279 e. The Bertz CT molecular complexity index is 1390. The van der Waals surface area contributed by atoms with E-state index in [9.17, 15) is 20.2 Å². The third-order valence-electron chi connectivity index (χ3n) is 5.35. The molecule has 0 N–H and O–H groups in total. The van der Waals surface area contributed by atoms with Crippen molar-refractivity contribution in [3.63, 3.8) is 0 Å². The molecule has 5 rings (SSSR count). The molecule has 2 aromatic heterocycles. The van der Waals surface area contributed by atoms with E-state index in [2.05, 4.69) is 6.08 Å². The van der Waals surface area contributed by atoms with Crippen LogP contribution in [0.2, 0.25) is 0 Å². The molecule has 1 aromatic carbocycles. The molecule has 4 heterocycles. The molecule has 8 nitrogen and oxygen atoms in total. The van der Waals surface area contributed by atoms with E-state index in [1.807, 2.05) is 25.1 Å². The predicted molar refractivity (Wildman–Crippen MR) is 103 cm³/mol. The molecule has 1 atom stereocenters. The molecule has 0 amide bonds. The summed E-state index contributed by atoms with van der Waals surface area (Å²) in [6, 6.07) is 14.5. The molecule has 9 heteroatoms. The third kappa shape index (κ3) is 2.90. The first-order valence-electron chi connectivity index (χ1n) is 9.57. The van der Waals surface area contributed by atoms with Gasteiger partial charge in [-0.1, -0.05) is 23.3 Å². The monoisotopic (exact) mass is 489 g/mol. The van der Waals surface area contributed by atoms with Gasteiger partial charge in [-0.15, -0.1) is 10.6 Å². The second-order valence-corrected chi connectivity index (χ2v) is 7.02. The van der Waals surface area contributed by atoms with Crippen LogP contribution in [0.25, 0.3) is 11.3 Å². The maximum Gasteiger partial charge on any atom is 0.339 e. The van der Waals surface area contributed by atoms with E-state index in [0.29, 0.717) is 11.3 Å². The molecule has 0 bridgehead atoms. The van der Waals surface area contributed by atoms with Crippen LogP contribution in [-0.4, -0.2) is 9.85 Å². The topological polar surface area (TPSA) is 94.0 Å². The summed E-state index contributed by atoms with van der Waals surface area (Å²) in [6.45, 7) is 1.87. The average molecular weight is 489 g/mol. The summed E-state index contributed by atoms with van der Waals surface area (Å²) in [5.74, 6) is 0. The zero-order valence-electron chi connectivity index (χ0n) is 17.3. The first kappa shape index (κ1) is 19.8. The quantitative estimate of drug-likeness (QED) is 0.185. The van der Waals surface area contributed by atoms with Crippen LogP contribution >= 0.6 is 0 Å². The summed E-state index contributed by atoms with van der Waals surface area (Å²) in [6.07, 6.45) is 8.25. The van der Waals surface area contributed by atoms with Crippen molar-refractivity contribution in [2.24, 2.45) is 0 Å². The van der Waals surface area contributed by atoms with E-state index in [1.165, 1.54) is 0 Å². The fourth-order valence-corrected chi connectivity index (χ4v) is 4.30. The van der Waals surface area contributed by atoms with Crippen molar-refractivity contribution < 1.29 is 53.1 Å². The van der Waals surface area contributed by atoms with Crippen molar-refractivity contribution in [1.29, 1.82) is 0 Å². The average Bonchev–Trinajstić information content (AvgIpc) is 3.21. The van der Waals surface area contributed by atoms with Crippen LogP contribution in [0.4, 0.5) is 0 Å². The normalized spacial score (nSPS) is 18.4. The Balaban J connectivity index is 0.00000245. The van der Waals surface area contributed by atoms with Gasteiger partial charge < -0.3 is 0 Å². The number of pyridine rings is 2. The van der Waals surface area contributed by atoms with Gasteiger partial charge in [-0.05, 0) is 41.0 Å². The fraction of sp³-hybridized carbons (Fsp3) is 0.0909. The Hall–Kier alpha value is -3.10. The Morgan fingerprint density at radius 1 is 1.13 bits per heavy atom. The second kappa shape index (κ2) is 7.55. The molecule has 2 aliphatic rings. The molecule has 1 unspecified atom stereocenters. The fourth-order valence-electron chi connectivity index (χ4n) is 4.30. The number of nitrogens with zero attached hydrogens (tertiary/aromatic N) is 4. The summed E-state index contributed by atoms with van der Waals surface area (Å²) >= 11 is 0. The molecule has 0 aliphatic carbocycles. The predicted octanol–water partition coefficient (Wildman–Crippen LogP) is 2.09. The Morgan fingerprint density at radius 3 is 2.55 bits per heavy atom. The van der Waals surface area contributed by atoms with E-state index < -0.39 is 21.2 Å². The number of aryl methyl sites for hydroxylation is 1. The van der Waals surface area contributed by atoms with Gasteiger partial charge in [-0.3, -0.25) is 20.2 Å².